The van der Waals surface area contributed by atoms with Crippen molar-refractivity contribution in [1.82, 2.24) is 0 Å². The Morgan fingerprint density at radius 3 is 2.85 bits per heavy atom. The molecule has 4 rings (SSSR count). The number of phenols is 1. The number of hydrogen-bond donors (Lipinski definition) is 3. The number of nitrogens with two attached hydrogens (primary N) is 1. The number of piperidine rings is 1. The van der Waals surface area contributed by atoms with Crippen molar-refractivity contribution in [3.8, 4) is 5.75 Å². The second-order valence-corrected chi connectivity index (χ2v) is 8.75. The Kier molecular flexibility index (Phi) is 5.21. The fourth-order valence-electron chi connectivity index (χ4n) is 6.30. The smallest absolute Gasteiger partial charge is 0.252 e. The van der Waals surface area contributed by atoms with Crippen LogP contribution in [-0.4, -0.2) is 52.9 Å². The van der Waals surface area contributed by atoms with E-state index in [0.717, 1.165) is 54.4 Å². The van der Waals surface area contributed by atoms with Gasteiger partial charge in [-0.25, -0.2) is 0 Å². The molecule has 1 saturated heterocycles. The first-order valence-corrected chi connectivity index (χ1v) is 9.61. The third-order valence-corrected chi connectivity index (χ3v) is 7.46. The van der Waals surface area contributed by atoms with E-state index in [9.17, 15) is 15.0 Å². The summed E-state index contributed by atoms with van der Waals surface area (Å²) in [5.41, 5.74) is 7.42. The maximum atomic E-state index is 11.8. The Hall–Kier alpha value is -1.37. The fraction of sp³-hybridized carbons (Fsp3) is 0.571. The number of benzene rings is 1. The number of aliphatic hydroxyl groups is 1. The molecule has 0 radical (unpaired) electrons. The van der Waals surface area contributed by atoms with Crippen LogP contribution in [0.1, 0.15) is 47.2 Å². The lowest BCUT2D eigenvalue weighted by atomic mass is 9.51. The van der Waals surface area contributed by atoms with E-state index in [0.29, 0.717) is 18.4 Å². The predicted octanol–water partition coefficient (Wildman–Crippen LogP) is -1.15. The Balaban J connectivity index is 0.00000210. The average molecular weight is 437 g/mol. The van der Waals surface area contributed by atoms with Crippen LogP contribution in [-0.2, 0) is 11.8 Å². The summed E-state index contributed by atoms with van der Waals surface area (Å²) < 4.78 is 0.962. The Morgan fingerprint density at radius 2 is 2.19 bits per heavy atom. The third kappa shape index (κ3) is 2.84. The van der Waals surface area contributed by atoms with Gasteiger partial charge >= 0.3 is 0 Å². The highest BCUT2D eigenvalue weighted by atomic mass is 79.9. The normalized spacial score (nSPS) is 36.7. The van der Waals surface area contributed by atoms with Gasteiger partial charge in [-0.3, -0.25) is 4.79 Å². The SMILES string of the molecule is C=CC[N@+]1(C)CCC23C[C@@H](O)CC[C@H]2C1Cc1ccc(C(N)=O)c(O)c13.[Br-]. The number of primary amides is 1. The van der Waals surface area contributed by atoms with Crippen LogP contribution < -0.4 is 22.7 Å². The molecule has 1 aliphatic heterocycles. The number of likely N-dealkylation sites (N-methyl/N-ethyl adjacent to an activating group) is 1. The van der Waals surface area contributed by atoms with Crippen LogP contribution >= 0.6 is 0 Å². The van der Waals surface area contributed by atoms with Gasteiger partial charge in [0.2, 0.25) is 0 Å². The molecule has 1 aromatic rings. The number of quaternary nitrogens is 1. The van der Waals surface area contributed by atoms with E-state index >= 15 is 0 Å². The molecule has 3 aliphatic rings. The van der Waals surface area contributed by atoms with Crippen molar-refractivity contribution < 1.29 is 36.5 Å². The predicted molar refractivity (Wildman–Crippen MR) is 99.9 cm³/mol. The standard InChI is InChI=1S/C21H28N2O3.BrH/c1-3-9-23(2)10-8-21-12-14(24)5-7-16(21)17(23)11-13-4-6-15(20(22)26)19(25)18(13)21;/h3-4,6,14,16-17,24H,1,5,7-12H2,2H3,(H2-,22,25,26);1H/t14-,16-,17?,21?,23+;/m0./s1. The van der Waals surface area contributed by atoms with E-state index in [-0.39, 0.29) is 39.8 Å². The molecular formula is C21H29BrN2O3. The molecule has 2 aliphatic carbocycles. The molecule has 148 valence electrons. The highest BCUT2D eigenvalue weighted by Gasteiger charge is 2.61. The molecule has 27 heavy (non-hydrogen) atoms. The zero-order chi connectivity index (χ0) is 18.7. The van der Waals surface area contributed by atoms with Crippen molar-refractivity contribution in [3.05, 3.63) is 41.5 Å². The average Bonchev–Trinajstić information content (AvgIpc) is 2.58. The zero-order valence-corrected chi connectivity index (χ0v) is 17.4. The minimum Gasteiger partial charge on any atom is -1.00 e. The Morgan fingerprint density at radius 1 is 1.44 bits per heavy atom. The van der Waals surface area contributed by atoms with Gasteiger partial charge in [-0.15, -0.1) is 0 Å². The lowest BCUT2D eigenvalue weighted by Crippen LogP contribution is -3.00. The summed E-state index contributed by atoms with van der Waals surface area (Å²) in [4.78, 5) is 11.8. The fourth-order valence-corrected chi connectivity index (χ4v) is 6.30. The molecule has 2 unspecified atom stereocenters. The number of rotatable bonds is 3. The van der Waals surface area contributed by atoms with Crippen LogP contribution in [0.4, 0.5) is 0 Å². The molecule has 6 heteroatoms. The van der Waals surface area contributed by atoms with Crippen molar-refractivity contribution in [2.24, 2.45) is 11.7 Å². The number of nitrogens with zero attached hydrogens (tertiary/aromatic N) is 1. The first-order chi connectivity index (χ1) is 12.3. The van der Waals surface area contributed by atoms with Gasteiger partial charge in [-0.1, -0.05) is 12.6 Å². The number of aliphatic hydroxyl groups excluding tert-OH is 1. The molecule has 5 atom stereocenters. The monoisotopic (exact) mass is 436 g/mol. The first-order valence-electron chi connectivity index (χ1n) is 9.61. The number of hydrogen-bond acceptors (Lipinski definition) is 3. The summed E-state index contributed by atoms with van der Waals surface area (Å²) in [6, 6.07) is 4.06. The zero-order valence-electron chi connectivity index (χ0n) is 15.8. The van der Waals surface area contributed by atoms with Gasteiger partial charge in [0.05, 0.1) is 37.8 Å². The minimum atomic E-state index is -0.597. The topological polar surface area (TPSA) is 83.5 Å². The third-order valence-electron chi connectivity index (χ3n) is 7.46. The molecule has 5 nitrogen and oxygen atoms in total. The number of aromatic hydroxyl groups is 1. The van der Waals surface area contributed by atoms with Crippen molar-refractivity contribution in [1.29, 1.82) is 0 Å². The van der Waals surface area contributed by atoms with Crippen LogP contribution in [0.2, 0.25) is 0 Å². The van der Waals surface area contributed by atoms with Gasteiger partial charge in [-0.05, 0) is 37.0 Å². The summed E-state index contributed by atoms with van der Waals surface area (Å²) in [5, 5.41) is 21.5. The van der Waals surface area contributed by atoms with E-state index in [1.54, 1.807) is 6.07 Å². The quantitative estimate of drug-likeness (QED) is 0.413. The Bertz CT molecular complexity index is 783. The highest BCUT2D eigenvalue weighted by molar-refractivity contribution is 5.96. The van der Waals surface area contributed by atoms with Crippen molar-refractivity contribution in [2.45, 2.75) is 49.7 Å². The molecule has 2 fully saturated rings. The minimum absolute atomic E-state index is 0. The van der Waals surface area contributed by atoms with E-state index < -0.39 is 5.91 Å². The van der Waals surface area contributed by atoms with Gasteiger partial charge in [0.1, 0.15) is 5.75 Å². The van der Waals surface area contributed by atoms with Crippen LogP contribution in [0, 0.1) is 5.92 Å². The van der Waals surface area contributed by atoms with E-state index in [2.05, 4.69) is 13.6 Å². The van der Waals surface area contributed by atoms with E-state index in [1.165, 1.54) is 0 Å². The van der Waals surface area contributed by atoms with Gasteiger partial charge in [0.15, 0.2) is 0 Å². The molecular weight excluding hydrogens is 408 g/mol. The van der Waals surface area contributed by atoms with E-state index in [1.807, 2.05) is 12.1 Å². The van der Waals surface area contributed by atoms with Crippen molar-refractivity contribution >= 4 is 5.91 Å². The van der Waals surface area contributed by atoms with Crippen LogP contribution in [0.5, 0.6) is 5.75 Å². The van der Waals surface area contributed by atoms with Crippen molar-refractivity contribution in [3.63, 3.8) is 0 Å². The second kappa shape index (κ2) is 6.90. The molecule has 2 bridgehead atoms. The maximum absolute atomic E-state index is 11.8. The number of fused-ring (bicyclic) bond motifs is 1. The summed E-state index contributed by atoms with van der Waals surface area (Å²) in [7, 11) is 2.31. The van der Waals surface area contributed by atoms with Crippen LogP contribution in [0.15, 0.2) is 24.8 Å². The molecule has 4 N–H and O–H groups in total. The molecule has 1 saturated carbocycles. The summed E-state index contributed by atoms with van der Waals surface area (Å²) in [6.07, 6.45) is 5.86. The van der Waals surface area contributed by atoms with Crippen LogP contribution in [0.3, 0.4) is 0 Å². The highest BCUT2D eigenvalue weighted by Crippen LogP contribution is 2.59. The maximum Gasteiger partial charge on any atom is 0.252 e. The Labute approximate surface area is 171 Å². The van der Waals surface area contributed by atoms with Crippen molar-refractivity contribution in [2.75, 3.05) is 20.1 Å². The first kappa shape index (κ1) is 20.4. The summed E-state index contributed by atoms with van der Waals surface area (Å²) >= 11 is 0. The summed E-state index contributed by atoms with van der Waals surface area (Å²) in [6.45, 7) is 5.88. The number of carbonyl (C=O) groups is 1. The van der Waals surface area contributed by atoms with Gasteiger partial charge in [0.25, 0.3) is 5.91 Å². The van der Waals surface area contributed by atoms with E-state index in [4.69, 9.17) is 5.73 Å². The largest absolute Gasteiger partial charge is 1.00 e. The number of likely N-dealkylation sites (tertiary alicyclic amines) is 1. The lowest BCUT2D eigenvalue weighted by Gasteiger charge is -2.61. The van der Waals surface area contributed by atoms with Gasteiger partial charge in [-0.2, -0.15) is 0 Å². The van der Waals surface area contributed by atoms with Crippen LogP contribution in [0.25, 0.3) is 0 Å². The lowest BCUT2D eigenvalue weighted by molar-refractivity contribution is -0.940. The van der Waals surface area contributed by atoms with Gasteiger partial charge < -0.3 is 37.4 Å². The molecule has 1 aromatic carbocycles. The summed E-state index contributed by atoms with van der Waals surface area (Å²) in [5.74, 6) is -0.154. The molecule has 1 heterocycles. The molecule has 1 amide bonds. The number of carbonyl (C=O) groups excluding carboxylic acids is 1. The molecule has 0 spiro atoms. The number of amides is 1. The van der Waals surface area contributed by atoms with Gasteiger partial charge in [0, 0.05) is 29.7 Å². The second-order valence-electron chi connectivity index (χ2n) is 8.75. The number of halogens is 1. The molecule has 0 aromatic heterocycles.